The number of hydrogen-bond donors (Lipinski definition) is 1. The van der Waals surface area contributed by atoms with Gasteiger partial charge in [0.1, 0.15) is 11.9 Å². The molecule has 1 N–H and O–H groups in total. The Morgan fingerprint density at radius 2 is 1.80 bits per heavy atom. The molecule has 1 aromatic carbocycles. The van der Waals surface area contributed by atoms with Crippen LogP contribution in [0.3, 0.4) is 0 Å². The van der Waals surface area contributed by atoms with Crippen molar-refractivity contribution in [3.8, 4) is 0 Å². The van der Waals surface area contributed by atoms with Gasteiger partial charge in [0.25, 0.3) is 11.2 Å². The predicted octanol–water partition coefficient (Wildman–Crippen LogP) is 5.65. The van der Waals surface area contributed by atoms with Crippen LogP contribution in [0.5, 0.6) is 0 Å². The number of hydrogen-bond acceptors (Lipinski definition) is 6. The minimum Gasteiger partial charge on any atom is -0.378 e. The molecule has 0 unspecified atom stereocenters. The fourth-order valence-corrected chi connectivity index (χ4v) is 5.98. The van der Waals surface area contributed by atoms with Gasteiger partial charge in [-0.2, -0.15) is 13.2 Å². The number of ether oxygens (including phenoxy) is 1. The third-order valence-electron chi connectivity index (χ3n) is 7.46. The van der Waals surface area contributed by atoms with Crippen LogP contribution in [-0.2, 0) is 28.2 Å². The lowest BCUT2D eigenvalue weighted by Crippen LogP contribution is -2.47. The molecule has 4 rings (SSSR count). The van der Waals surface area contributed by atoms with Crippen molar-refractivity contribution in [2.24, 2.45) is 16.8 Å². The summed E-state index contributed by atoms with van der Waals surface area (Å²) < 4.78 is 73.1. The number of rotatable bonds is 7. The Kier molecular flexibility index (Phi) is 9.80. The van der Waals surface area contributed by atoms with Crippen molar-refractivity contribution >= 4 is 28.7 Å². The monoisotopic (exact) mass is 602 g/mol. The molecule has 13 heteroatoms. The lowest BCUT2D eigenvalue weighted by molar-refractivity contribution is -0.138. The number of morpholine rings is 1. The summed E-state index contributed by atoms with van der Waals surface area (Å²) >= 11 is 1.03. The van der Waals surface area contributed by atoms with Crippen LogP contribution in [0.15, 0.2) is 34.2 Å². The molecule has 0 aliphatic carbocycles. The highest BCUT2D eigenvalue weighted by atomic mass is 32.2. The minimum atomic E-state index is -4.70. The number of benzene rings is 1. The normalized spacial score (nSPS) is 22.6. The molecule has 0 saturated carbocycles. The van der Waals surface area contributed by atoms with Crippen molar-refractivity contribution in [1.29, 1.82) is 0 Å². The summed E-state index contributed by atoms with van der Waals surface area (Å²) in [6.45, 7) is 7.59. The summed E-state index contributed by atoms with van der Waals surface area (Å²) in [6.07, 6.45) is -1.39. The molecular weight excluding hydrogens is 567 g/mol. The van der Waals surface area contributed by atoms with Crippen molar-refractivity contribution in [2.45, 2.75) is 58.3 Å². The number of amidine groups is 1. The van der Waals surface area contributed by atoms with E-state index in [1.165, 1.54) is 0 Å². The number of nitrogens with one attached hydrogen (secondary N) is 1. The standard InChI is InChI=1S/C28H35F5N4O3S/c1-17(2)23(25(38)37-10-12-40-13-11-37)34-24-22(41-26(39)35-24)14-18-6-8-36(9-7-18)16-19-4-5-20(28(31,32)33)15-21(19)27(3,29)30/h4-5,14-15,17-18,23H,6-13,16H2,1-3H3,(H,34,35,39)/b22-14-/t23-/m0/s1. The van der Waals surface area contributed by atoms with Gasteiger partial charge in [0.2, 0.25) is 5.91 Å². The molecule has 7 nitrogen and oxygen atoms in total. The zero-order valence-corrected chi connectivity index (χ0v) is 24.1. The van der Waals surface area contributed by atoms with Crippen LogP contribution in [0, 0.1) is 11.8 Å². The van der Waals surface area contributed by atoms with Gasteiger partial charge in [0.05, 0.1) is 23.7 Å². The number of likely N-dealkylation sites (tertiary alicyclic amines) is 1. The molecule has 226 valence electrons. The molecule has 0 bridgehead atoms. The second-order valence-electron chi connectivity index (χ2n) is 11.0. The molecule has 0 radical (unpaired) electrons. The number of amides is 2. The molecule has 3 aliphatic rings. The van der Waals surface area contributed by atoms with Gasteiger partial charge < -0.3 is 15.0 Å². The van der Waals surface area contributed by atoms with E-state index in [0.29, 0.717) is 76.0 Å². The van der Waals surface area contributed by atoms with Gasteiger partial charge in [-0.1, -0.05) is 26.0 Å². The van der Waals surface area contributed by atoms with Crippen molar-refractivity contribution in [3.05, 3.63) is 45.9 Å². The zero-order chi connectivity index (χ0) is 29.9. The van der Waals surface area contributed by atoms with Gasteiger partial charge in [-0.05, 0) is 67.2 Å². The highest BCUT2D eigenvalue weighted by Crippen LogP contribution is 2.37. The number of carbonyl (C=O) groups is 2. The first-order chi connectivity index (χ1) is 19.2. The smallest absolute Gasteiger partial charge is 0.378 e. The van der Waals surface area contributed by atoms with E-state index in [1.807, 2.05) is 24.8 Å². The maximum absolute atomic E-state index is 14.2. The van der Waals surface area contributed by atoms with Crippen LogP contribution in [0.25, 0.3) is 0 Å². The van der Waals surface area contributed by atoms with Crippen molar-refractivity contribution < 1.29 is 36.3 Å². The number of nitrogens with zero attached hydrogens (tertiary/aromatic N) is 3. The number of piperidine rings is 1. The Bertz CT molecular complexity index is 1180. The summed E-state index contributed by atoms with van der Waals surface area (Å²) in [5.41, 5.74) is -1.54. The minimum absolute atomic E-state index is 0.0822. The number of halogens is 5. The Morgan fingerprint density at radius 1 is 1.15 bits per heavy atom. The summed E-state index contributed by atoms with van der Waals surface area (Å²) in [4.78, 5) is 34.4. The van der Waals surface area contributed by atoms with Crippen molar-refractivity contribution in [1.82, 2.24) is 15.1 Å². The highest BCUT2D eigenvalue weighted by molar-refractivity contribution is 8.18. The molecule has 41 heavy (non-hydrogen) atoms. The number of carbonyl (C=O) groups excluding carboxylic acids is 2. The average Bonchev–Trinajstić information content (AvgIpc) is 3.25. The highest BCUT2D eigenvalue weighted by Gasteiger charge is 2.36. The summed E-state index contributed by atoms with van der Waals surface area (Å²) in [6, 6.07) is 1.88. The Hall–Kier alpha value is -2.51. The molecular formula is C28H35F5N4O3S. The average molecular weight is 603 g/mol. The largest absolute Gasteiger partial charge is 0.416 e. The SMILES string of the molecule is CC(C)[C@H](N=C1NC(=O)S/C1=C\C1CCN(Cc2ccc(C(F)(F)F)cc2C(C)(F)F)CC1)C(=O)N1CCOCC1. The van der Waals surface area contributed by atoms with Crippen LogP contribution in [-0.4, -0.2) is 72.2 Å². The number of allylic oxidation sites excluding steroid dienone is 1. The fourth-order valence-electron chi connectivity index (χ4n) is 5.17. The van der Waals surface area contributed by atoms with Crippen molar-refractivity contribution in [2.75, 3.05) is 39.4 Å². The molecule has 3 aliphatic heterocycles. The maximum Gasteiger partial charge on any atom is 0.416 e. The van der Waals surface area contributed by atoms with Gasteiger partial charge >= 0.3 is 6.18 Å². The quantitative estimate of drug-likeness (QED) is 0.409. The fraction of sp³-hybridized carbons (Fsp3) is 0.607. The first kappa shape index (κ1) is 31.4. The summed E-state index contributed by atoms with van der Waals surface area (Å²) in [7, 11) is 0. The van der Waals surface area contributed by atoms with Gasteiger partial charge in [-0.3, -0.25) is 19.5 Å². The van der Waals surface area contributed by atoms with E-state index in [9.17, 15) is 31.5 Å². The molecule has 2 amide bonds. The zero-order valence-electron chi connectivity index (χ0n) is 23.3. The van der Waals surface area contributed by atoms with E-state index < -0.39 is 29.3 Å². The van der Waals surface area contributed by atoms with Gasteiger partial charge in [0.15, 0.2) is 0 Å². The van der Waals surface area contributed by atoms with E-state index in [-0.39, 0.29) is 35.1 Å². The van der Waals surface area contributed by atoms with Crippen molar-refractivity contribution in [3.63, 3.8) is 0 Å². The summed E-state index contributed by atoms with van der Waals surface area (Å²) in [5, 5.41) is 2.49. The number of aliphatic imine (C=N–C) groups is 1. The number of thioether (sulfide) groups is 1. The van der Waals surface area contributed by atoms with E-state index in [4.69, 9.17) is 4.74 Å². The number of alkyl halides is 5. The molecule has 3 heterocycles. The molecule has 3 fully saturated rings. The van der Waals surface area contributed by atoms with Crippen LogP contribution in [0.1, 0.15) is 50.3 Å². The third-order valence-corrected chi connectivity index (χ3v) is 8.29. The maximum atomic E-state index is 14.2. The van der Waals surface area contributed by atoms with Gasteiger partial charge in [-0.15, -0.1) is 0 Å². The second-order valence-corrected chi connectivity index (χ2v) is 12.0. The molecule has 1 aromatic rings. The van der Waals surface area contributed by atoms with Gasteiger partial charge in [-0.25, -0.2) is 8.78 Å². The molecule has 1 atom stereocenters. The van der Waals surface area contributed by atoms with E-state index in [0.717, 1.165) is 23.9 Å². The molecule has 3 saturated heterocycles. The second kappa shape index (κ2) is 12.8. The molecule has 0 spiro atoms. The van der Waals surface area contributed by atoms with E-state index in [2.05, 4.69) is 10.3 Å². The van der Waals surface area contributed by atoms with Crippen LogP contribution < -0.4 is 5.32 Å². The third kappa shape index (κ3) is 8.07. The van der Waals surface area contributed by atoms with Crippen LogP contribution in [0.2, 0.25) is 0 Å². The summed E-state index contributed by atoms with van der Waals surface area (Å²) in [5.74, 6) is -3.14. The Labute approximate surface area is 240 Å². The Balaban J connectivity index is 1.44. The molecule has 0 aromatic heterocycles. The van der Waals surface area contributed by atoms with E-state index >= 15 is 0 Å². The lowest BCUT2D eigenvalue weighted by Gasteiger charge is -2.32. The predicted molar refractivity (Wildman–Crippen MR) is 147 cm³/mol. The Morgan fingerprint density at radius 3 is 2.39 bits per heavy atom. The van der Waals surface area contributed by atoms with Crippen LogP contribution in [0.4, 0.5) is 26.7 Å². The first-order valence-electron chi connectivity index (χ1n) is 13.7. The topological polar surface area (TPSA) is 74.2 Å². The lowest BCUT2D eigenvalue weighted by atomic mass is 9.94. The van der Waals surface area contributed by atoms with E-state index in [1.54, 1.807) is 4.90 Å². The first-order valence-corrected chi connectivity index (χ1v) is 14.5. The van der Waals surface area contributed by atoms with Crippen LogP contribution >= 0.6 is 11.8 Å². The van der Waals surface area contributed by atoms with Gasteiger partial charge in [0, 0.05) is 32.1 Å².